The Morgan fingerprint density at radius 2 is 1.45 bits per heavy atom. The van der Waals surface area contributed by atoms with E-state index in [2.05, 4.69) is 11.7 Å². The van der Waals surface area contributed by atoms with E-state index in [1.54, 1.807) is 0 Å². The molecule has 0 radical (unpaired) electrons. The van der Waals surface area contributed by atoms with Crippen molar-refractivity contribution in [3.8, 4) is 11.5 Å². The van der Waals surface area contributed by atoms with Gasteiger partial charge >= 0.3 is 6.11 Å². The van der Waals surface area contributed by atoms with Crippen LogP contribution in [0.2, 0.25) is 0 Å². The van der Waals surface area contributed by atoms with Crippen molar-refractivity contribution in [3.05, 3.63) is 23.5 Å². The molecule has 1 aromatic carbocycles. The lowest BCUT2D eigenvalue weighted by atomic mass is 9.84. The van der Waals surface area contributed by atoms with Gasteiger partial charge < -0.3 is 18.9 Å². The number of benzene rings is 1. The molecule has 0 N–H and O–H groups in total. The minimum absolute atomic E-state index is 0.129. The molecular formula is C29H43F5O4. The molecular weight excluding hydrogens is 507 g/mol. The molecule has 0 atom stereocenters. The lowest BCUT2D eigenvalue weighted by molar-refractivity contribution is -0.223. The summed E-state index contributed by atoms with van der Waals surface area (Å²) in [5.41, 5.74) is -1.07. The van der Waals surface area contributed by atoms with Crippen molar-refractivity contribution in [2.24, 2.45) is 11.8 Å². The fourth-order valence-corrected chi connectivity index (χ4v) is 5.55. The molecule has 4 nitrogen and oxygen atoms in total. The fraction of sp³-hybridized carbons (Fsp3) is 0.793. The second-order valence-electron chi connectivity index (χ2n) is 10.7. The van der Waals surface area contributed by atoms with Crippen LogP contribution in [0.5, 0.6) is 11.5 Å². The van der Waals surface area contributed by atoms with E-state index in [0.717, 1.165) is 57.1 Å². The van der Waals surface area contributed by atoms with Gasteiger partial charge in [-0.2, -0.15) is 8.78 Å². The van der Waals surface area contributed by atoms with Crippen LogP contribution in [-0.4, -0.2) is 38.1 Å². The summed E-state index contributed by atoms with van der Waals surface area (Å²) in [5, 5.41) is 0. The quantitative estimate of drug-likeness (QED) is 0.161. The van der Waals surface area contributed by atoms with Crippen molar-refractivity contribution in [3.63, 3.8) is 0 Å². The zero-order chi connectivity index (χ0) is 27.5. The molecule has 2 saturated carbocycles. The zero-order valence-electron chi connectivity index (χ0n) is 22.7. The van der Waals surface area contributed by atoms with Gasteiger partial charge in [-0.1, -0.05) is 32.6 Å². The predicted octanol–water partition coefficient (Wildman–Crippen LogP) is 8.86. The lowest BCUT2D eigenvalue weighted by Gasteiger charge is -2.30. The highest BCUT2D eigenvalue weighted by Crippen LogP contribution is 2.39. The van der Waals surface area contributed by atoms with Gasteiger partial charge in [0.05, 0.1) is 24.4 Å². The second kappa shape index (κ2) is 15.2. The summed E-state index contributed by atoms with van der Waals surface area (Å²) in [6.07, 6.45) is 4.04. The number of hydrogen-bond acceptors (Lipinski definition) is 4. The van der Waals surface area contributed by atoms with Gasteiger partial charge in [0, 0.05) is 6.61 Å². The molecule has 2 aliphatic carbocycles. The number of ether oxygens (including phenoxy) is 4. The van der Waals surface area contributed by atoms with Crippen LogP contribution in [0.1, 0.15) is 103 Å². The maximum absolute atomic E-state index is 14.9. The highest BCUT2D eigenvalue weighted by molar-refractivity contribution is 5.43. The van der Waals surface area contributed by atoms with Gasteiger partial charge in [-0.15, -0.1) is 0 Å². The van der Waals surface area contributed by atoms with Crippen molar-refractivity contribution in [1.29, 1.82) is 0 Å². The Hall–Kier alpha value is -1.61. The highest BCUT2D eigenvalue weighted by atomic mass is 19.3. The topological polar surface area (TPSA) is 36.9 Å². The first-order chi connectivity index (χ1) is 18.2. The van der Waals surface area contributed by atoms with Gasteiger partial charge in [0.25, 0.3) is 6.43 Å². The van der Waals surface area contributed by atoms with Crippen LogP contribution in [0.4, 0.5) is 22.0 Å². The van der Waals surface area contributed by atoms with Gasteiger partial charge in [-0.25, -0.2) is 13.2 Å². The van der Waals surface area contributed by atoms with E-state index in [0.29, 0.717) is 25.4 Å². The fourth-order valence-electron chi connectivity index (χ4n) is 5.55. The Labute approximate surface area is 223 Å². The summed E-state index contributed by atoms with van der Waals surface area (Å²) in [6, 6.07) is 1.99. The summed E-state index contributed by atoms with van der Waals surface area (Å²) < 4.78 is 92.4. The van der Waals surface area contributed by atoms with E-state index in [4.69, 9.17) is 14.2 Å². The Bertz CT molecular complexity index is 821. The van der Waals surface area contributed by atoms with Gasteiger partial charge in [0.2, 0.25) is 0 Å². The molecule has 2 fully saturated rings. The largest absolute Gasteiger partial charge is 0.493 e. The van der Waals surface area contributed by atoms with Crippen LogP contribution in [0.15, 0.2) is 12.1 Å². The lowest BCUT2D eigenvalue weighted by Crippen LogP contribution is -2.34. The monoisotopic (exact) mass is 550 g/mol. The number of hydrogen-bond donors (Lipinski definition) is 0. The van der Waals surface area contributed by atoms with Crippen molar-refractivity contribution < 1.29 is 40.9 Å². The standard InChI is InChI=1S/C29H43F5O4/c1-3-5-6-7-20-8-12-23(13-9-20)37-19-29(33,34)38-25-17-16-24(26(27(25)30)28(31)32)36-18-21-10-14-22(15-11-21)35-4-2/h16-17,20-23,28H,3-15,18-19H2,1-2H3. The molecule has 0 unspecified atom stereocenters. The van der Waals surface area contributed by atoms with E-state index in [9.17, 15) is 22.0 Å². The second-order valence-corrected chi connectivity index (χ2v) is 10.7. The Kier molecular flexibility index (Phi) is 12.4. The maximum Gasteiger partial charge on any atom is 0.422 e. The minimum Gasteiger partial charge on any atom is -0.493 e. The third kappa shape index (κ3) is 9.54. The number of alkyl halides is 4. The summed E-state index contributed by atoms with van der Waals surface area (Å²) in [7, 11) is 0. The van der Waals surface area contributed by atoms with Gasteiger partial charge in [0.15, 0.2) is 18.2 Å². The molecule has 9 heteroatoms. The van der Waals surface area contributed by atoms with Crippen LogP contribution < -0.4 is 9.47 Å². The van der Waals surface area contributed by atoms with Crippen molar-refractivity contribution in [2.75, 3.05) is 19.8 Å². The van der Waals surface area contributed by atoms with E-state index >= 15 is 0 Å². The number of rotatable bonds is 15. The molecule has 2 aliphatic rings. The van der Waals surface area contributed by atoms with Crippen molar-refractivity contribution >= 4 is 0 Å². The number of unbranched alkanes of at least 4 members (excludes halogenated alkanes) is 2. The molecule has 0 bridgehead atoms. The number of halogens is 5. The molecule has 0 aliphatic heterocycles. The van der Waals surface area contributed by atoms with Crippen molar-refractivity contribution in [1.82, 2.24) is 0 Å². The van der Waals surface area contributed by atoms with Gasteiger partial charge in [-0.05, 0) is 82.3 Å². The van der Waals surface area contributed by atoms with Crippen LogP contribution in [-0.2, 0) is 9.47 Å². The van der Waals surface area contributed by atoms with Crippen molar-refractivity contribution in [2.45, 2.75) is 116 Å². The molecule has 3 rings (SSSR count). The molecule has 0 heterocycles. The molecule has 0 saturated heterocycles. The molecule has 218 valence electrons. The zero-order valence-corrected chi connectivity index (χ0v) is 22.7. The van der Waals surface area contributed by atoms with E-state index in [-0.39, 0.29) is 30.5 Å². The van der Waals surface area contributed by atoms with Crippen LogP contribution in [0, 0.1) is 17.7 Å². The highest BCUT2D eigenvalue weighted by Gasteiger charge is 2.37. The molecule has 0 aromatic heterocycles. The van der Waals surface area contributed by atoms with E-state index in [1.807, 2.05) is 6.92 Å². The smallest absolute Gasteiger partial charge is 0.422 e. The van der Waals surface area contributed by atoms with Crippen LogP contribution in [0.3, 0.4) is 0 Å². The average Bonchev–Trinajstić information content (AvgIpc) is 2.89. The van der Waals surface area contributed by atoms with E-state index in [1.165, 1.54) is 19.3 Å². The van der Waals surface area contributed by atoms with Crippen LogP contribution >= 0.6 is 0 Å². The summed E-state index contributed by atoms with van der Waals surface area (Å²) >= 11 is 0. The maximum atomic E-state index is 14.9. The summed E-state index contributed by atoms with van der Waals surface area (Å²) in [4.78, 5) is 0. The van der Waals surface area contributed by atoms with E-state index < -0.39 is 36.3 Å². The molecule has 0 amide bonds. The predicted molar refractivity (Wildman–Crippen MR) is 136 cm³/mol. The normalized spacial score (nSPS) is 24.5. The van der Waals surface area contributed by atoms with Gasteiger partial charge in [-0.3, -0.25) is 0 Å². The Balaban J connectivity index is 1.51. The third-order valence-electron chi connectivity index (χ3n) is 7.75. The molecule has 0 spiro atoms. The first kappa shape index (κ1) is 30.9. The van der Waals surface area contributed by atoms with Crippen LogP contribution in [0.25, 0.3) is 0 Å². The SMILES string of the molecule is CCCCCC1CCC(OCC(F)(F)Oc2ccc(OCC3CCC(OCC)CC3)c(C(F)F)c2F)CC1. The third-order valence-corrected chi connectivity index (χ3v) is 7.75. The first-order valence-corrected chi connectivity index (χ1v) is 14.3. The average molecular weight is 551 g/mol. The minimum atomic E-state index is -3.86. The summed E-state index contributed by atoms with van der Waals surface area (Å²) in [6.45, 7) is 3.81. The Morgan fingerprint density at radius 1 is 0.842 bits per heavy atom. The molecule has 38 heavy (non-hydrogen) atoms. The molecule has 1 aromatic rings. The Morgan fingerprint density at radius 3 is 2.05 bits per heavy atom. The summed E-state index contributed by atoms with van der Waals surface area (Å²) in [5.74, 6) is -2.11. The van der Waals surface area contributed by atoms with Gasteiger partial charge in [0.1, 0.15) is 5.75 Å². The first-order valence-electron chi connectivity index (χ1n) is 14.3.